The highest BCUT2D eigenvalue weighted by Crippen LogP contribution is 2.71. The first-order valence-electron chi connectivity index (χ1n) is 14.9. The highest BCUT2D eigenvalue weighted by atomic mass is 16.3. The first-order valence-corrected chi connectivity index (χ1v) is 14.9. The van der Waals surface area contributed by atoms with E-state index in [1.165, 1.54) is 56.1 Å². The lowest BCUT2D eigenvalue weighted by molar-refractivity contribution is -0.134. The molecule has 6 atom stereocenters. The summed E-state index contributed by atoms with van der Waals surface area (Å²) in [5.41, 5.74) is 2.87. The fourth-order valence-corrected chi connectivity index (χ4v) is 9.08. The second-order valence-corrected chi connectivity index (χ2v) is 13.5. The maximum Gasteiger partial charge on any atom is 0.226 e. The molecular formula is C33H49NO2. The number of aliphatic hydroxyl groups excluding tert-OH is 1. The zero-order valence-corrected chi connectivity index (χ0v) is 22.9. The fourth-order valence-electron chi connectivity index (χ4n) is 9.08. The van der Waals surface area contributed by atoms with E-state index in [0.29, 0.717) is 23.2 Å². The van der Waals surface area contributed by atoms with Crippen LogP contribution in [0.25, 0.3) is 0 Å². The van der Waals surface area contributed by atoms with Crippen LogP contribution < -0.4 is 5.32 Å². The molecule has 6 unspecified atom stereocenters. The zero-order chi connectivity index (χ0) is 25.4. The number of aliphatic hydroxyl groups is 1. The molecule has 5 rings (SSSR count). The Kier molecular flexibility index (Phi) is 7.42. The zero-order valence-electron chi connectivity index (χ0n) is 22.9. The lowest BCUT2D eigenvalue weighted by atomic mass is 9.57. The molecule has 4 aliphatic carbocycles. The van der Waals surface area contributed by atoms with Gasteiger partial charge in [-0.1, -0.05) is 62.8 Å². The SMILES string of the molecule is C=C1CCCC2(C(=O)NCCc3ccccc3)CCCC2CCC2CC23CCC(O)C(C)(C)C3CC1. The third-order valence-corrected chi connectivity index (χ3v) is 11.4. The fraction of sp³-hybridized carbons (Fsp3) is 0.727. The minimum atomic E-state index is -0.186. The van der Waals surface area contributed by atoms with Crippen LogP contribution in [0.3, 0.4) is 0 Å². The number of allylic oxidation sites excluding steroid dienone is 1. The van der Waals surface area contributed by atoms with Crippen LogP contribution in [0.1, 0.15) is 103 Å². The number of nitrogens with one attached hydrogen (secondary N) is 1. The van der Waals surface area contributed by atoms with E-state index in [1.54, 1.807) is 0 Å². The first-order chi connectivity index (χ1) is 17.3. The summed E-state index contributed by atoms with van der Waals surface area (Å²) in [6.45, 7) is 9.85. The normalized spacial score (nSPS) is 38.4. The second kappa shape index (κ2) is 10.3. The lowest BCUT2D eigenvalue weighted by Gasteiger charge is -2.49. The molecular weight excluding hydrogens is 442 g/mol. The Morgan fingerprint density at radius 1 is 0.972 bits per heavy atom. The van der Waals surface area contributed by atoms with Crippen molar-refractivity contribution in [2.24, 2.45) is 34.0 Å². The van der Waals surface area contributed by atoms with Crippen molar-refractivity contribution in [2.75, 3.05) is 6.54 Å². The van der Waals surface area contributed by atoms with Gasteiger partial charge in [-0.25, -0.2) is 0 Å². The molecule has 0 saturated heterocycles. The molecule has 4 saturated carbocycles. The summed E-state index contributed by atoms with van der Waals surface area (Å²) >= 11 is 0. The van der Waals surface area contributed by atoms with Gasteiger partial charge >= 0.3 is 0 Å². The van der Waals surface area contributed by atoms with Crippen molar-refractivity contribution >= 4 is 5.91 Å². The number of carbonyl (C=O) groups is 1. The molecule has 36 heavy (non-hydrogen) atoms. The molecule has 198 valence electrons. The summed E-state index contributed by atoms with van der Waals surface area (Å²) in [6, 6.07) is 10.5. The van der Waals surface area contributed by atoms with Gasteiger partial charge in [0.25, 0.3) is 0 Å². The molecule has 4 fully saturated rings. The van der Waals surface area contributed by atoms with Crippen LogP contribution in [0.2, 0.25) is 0 Å². The molecule has 1 aromatic rings. The van der Waals surface area contributed by atoms with Gasteiger partial charge in [0, 0.05) is 6.54 Å². The average Bonchev–Trinajstić information content (AvgIpc) is 3.38. The van der Waals surface area contributed by atoms with Crippen LogP contribution in [-0.4, -0.2) is 23.7 Å². The Bertz CT molecular complexity index is 938. The van der Waals surface area contributed by atoms with Gasteiger partial charge in [-0.3, -0.25) is 4.79 Å². The van der Waals surface area contributed by atoms with E-state index in [9.17, 15) is 9.90 Å². The van der Waals surface area contributed by atoms with Crippen LogP contribution in [-0.2, 0) is 11.2 Å². The predicted molar refractivity (Wildman–Crippen MR) is 147 cm³/mol. The van der Waals surface area contributed by atoms with Crippen LogP contribution >= 0.6 is 0 Å². The molecule has 0 aliphatic heterocycles. The summed E-state index contributed by atoms with van der Waals surface area (Å²) < 4.78 is 0. The number of hydrogen-bond donors (Lipinski definition) is 2. The molecule has 0 radical (unpaired) electrons. The van der Waals surface area contributed by atoms with Gasteiger partial charge in [-0.05, 0) is 118 Å². The van der Waals surface area contributed by atoms with Crippen LogP contribution in [0.5, 0.6) is 0 Å². The van der Waals surface area contributed by atoms with Crippen molar-refractivity contribution in [2.45, 2.75) is 110 Å². The number of fused-ring (bicyclic) bond motifs is 1. The van der Waals surface area contributed by atoms with E-state index in [1.807, 2.05) is 6.07 Å². The van der Waals surface area contributed by atoms with Gasteiger partial charge in [-0.15, -0.1) is 0 Å². The number of carbonyl (C=O) groups excluding carboxylic acids is 1. The van der Waals surface area contributed by atoms with Crippen molar-refractivity contribution < 1.29 is 9.90 Å². The van der Waals surface area contributed by atoms with Crippen molar-refractivity contribution in [3.63, 3.8) is 0 Å². The molecule has 1 amide bonds. The van der Waals surface area contributed by atoms with E-state index in [0.717, 1.165) is 57.4 Å². The quantitative estimate of drug-likeness (QED) is 0.436. The molecule has 1 spiro atoms. The third kappa shape index (κ3) is 4.82. The van der Waals surface area contributed by atoms with E-state index >= 15 is 0 Å². The van der Waals surface area contributed by atoms with E-state index < -0.39 is 0 Å². The molecule has 0 heterocycles. The summed E-state index contributed by atoms with van der Waals surface area (Å²) in [5.74, 6) is 2.21. The average molecular weight is 492 g/mol. The smallest absolute Gasteiger partial charge is 0.226 e. The molecule has 3 heteroatoms. The van der Waals surface area contributed by atoms with Crippen molar-refractivity contribution in [3.05, 3.63) is 48.0 Å². The van der Waals surface area contributed by atoms with Crippen LogP contribution in [0.4, 0.5) is 0 Å². The minimum absolute atomic E-state index is 0.0107. The largest absolute Gasteiger partial charge is 0.393 e. The predicted octanol–water partition coefficient (Wildman–Crippen LogP) is 7.24. The Labute approximate surface area is 219 Å². The summed E-state index contributed by atoms with van der Waals surface area (Å²) in [7, 11) is 0. The lowest BCUT2D eigenvalue weighted by Crippen LogP contribution is -2.46. The third-order valence-electron chi connectivity index (χ3n) is 11.4. The summed E-state index contributed by atoms with van der Waals surface area (Å²) in [6.07, 6.45) is 15.5. The van der Waals surface area contributed by atoms with E-state index in [4.69, 9.17) is 0 Å². The van der Waals surface area contributed by atoms with E-state index in [-0.39, 0.29) is 16.9 Å². The maximum atomic E-state index is 13.8. The molecule has 3 nitrogen and oxygen atoms in total. The number of hydrogen-bond acceptors (Lipinski definition) is 2. The van der Waals surface area contributed by atoms with Crippen molar-refractivity contribution in [1.29, 1.82) is 0 Å². The van der Waals surface area contributed by atoms with Gasteiger partial charge in [0.15, 0.2) is 0 Å². The van der Waals surface area contributed by atoms with Gasteiger partial charge < -0.3 is 10.4 Å². The highest BCUT2D eigenvalue weighted by molar-refractivity contribution is 5.83. The topological polar surface area (TPSA) is 49.3 Å². The van der Waals surface area contributed by atoms with Gasteiger partial charge in [0.2, 0.25) is 5.91 Å². The monoisotopic (exact) mass is 491 g/mol. The van der Waals surface area contributed by atoms with Crippen molar-refractivity contribution in [1.82, 2.24) is 5.32 Å². The Balaban J connectivity index is 1.31. The van der Waals surface area contributed by atoms with Crippen molar-refractivity contribution in [3.8, 4) is 0 Å². The Hall–Kier alpha value is -1.61. The molecule has 1 aromatic carbocycles. The van der Waals surface area contributed by atoms with Crippen LogP contribution in [0.15, 0.2) is 42.5 Å². The van der Waals surface area contributed by atoms with Crippen LogP contribution in [0, 0.1) is 34.0 Å². The molecule has 0 bridgehead atoms. The number of benzene rings is 1. The summed E-state index contributed by atoms with van der Waals surface area (Å²) in [4.78, 5) is 13.8. The Morgan fingerprint density at radius 2 is 1.72 bits per heavy atom. The standard InChI is InChI=1S/C33H49NO2/c1-24-9-7-19-32(30(36)34-22-18-25-10-5-4-6-11-25)20-8-12-26(32)14-15-27-23-33(27)21-17-29(35)31(2,3)28(33)16-13-24/h4-6,10-11,26-29,35H,1,7-9,12-23H2,2-3H3,(H,34,36). The Morgan fingerprint density at radius 3 is 2.53 bits per heavy atom. The number of rotatable bonds is 4. The maximum absolute atomic E-state index is 13.8. The second-order valence-electron chi connectivity index (χ2n) is 13.5. The molecule has 0 aromatic heterocycles. The van der Waals surface area contributed by atoms with Gasteiger partial charge in [-0.2, -0.15) is 0 Å². The van der Waals surface area contributed by atoms with E-state index in [2.05, 4.69) is 50.0 Å². The summed E-state index contributed by atoms with van der Waals surface area (Å²) in [5, 5.41) is 14.3. The highest BCUT2D eigenvalue weighted by Gasteiger charge is 2.64. The van der Waals surface area contributed by atoms with Gasteiger partial charge in [0.1, 0.15) is 0 Å². The van der Waals surface area contributed by atoms with Gasteiger partial charge in [0.05, 0.1) is 11.5 Å². The minimum Gasteiger partial charge on any atom is -0.393 e. The number of amides is 1. The molecule has 2 N–H and O–H groups in total. The molecule has 4 aliphatic rings. The first kappa shape index (κ1) is 26.0.